The van der Waals surface area contributed by atoms with Gasteiger partial charge in [0, 0.05) is 5.70 Å². The van der Waals surface area contributed by atoms with E-state index in [2.05, 4.69) is 5.32 Å². The molecule has 0 amide bonds. The van der Waals surface area contributed by atoms with E-state index in [4.69, 9.17) is 0 Å². The van der Waals surface area contributed by atoms with Gasteiger partial charge in [-0.1, -0.05) is 19.1 Å². The van der Waals surface area contributed by atoms with Crippen LogP contribution in [0.2, 0.25) is 0 Å². The van der Waals surface area contributed by atoms with Gasteiger partial charge in [-0.15, -0.1) is 0 Å². The van der Waals surface area contributed by atoms with Crippen molar-refractivity contribution >= 4 is 11.9 Å². The lowest BCUT2D eigenvalue weighted by atomic mass is 9.69. The number of carboxylic acid groups (broad SMARTS) is 2. The van der Waals surface area contributed by atoms with Crippen molar-refractivity contribution in [3.05, 3.63) is 23.4 Å². The normalized spacial score (nSPS) is 34.3. The zero-order valence-corrected chi connectivity index (χ0v) is 12.0. The third-order valence-corrected chi connectivity index (χ3v) is 4.71. The second-order valence-electron chi connectivity index (χ2n) is 5.76. The summed E-state index contributed by atoms with van der Waals surface area (Å²) in [5, 5.41) is 21.0. The molecule has 1 aliphatic heterocycles. The van der Waals surface area contributed by atoms with Crippen LogP contribution in [-0.2, 0) is 9.59 Å². The number of hydrogen-bond acceptors (Lipinski definition) is 3. The number of carboxylic acids is 2. The molecule has 0 aromatic carbocycles. The molecule has 0 aromatic rings. The summed E-state index contributed by atoms with van der Waals surface area (Å²) < 4.78 is 39.9. The predicted molar refractivity (Wildman–Crippen MR) is 69.9 cm³/mol. The Morgan fingerprint density at radius 3 is 2.36 bits per heavy atom. The highest BCUT2D eigenvalue weighted by Gasteiger charge is 2.64. The zero-order valence-electron chi connectivity index (χ0n) is 12.0. The molecule has 3 atom stereocenters. The third-order valence-electron chi connectivity index (χ3n) is 4.71. The van der Waals surface area contributed by atoms with E-state index in [1.807, 2.05) is 0 Å². The van der Waals surface area contributed by atoms with Crippen molar-refractivity contribution < 1.29 is 33.0 Å². The quantitative estimate of drug-likeness (QED) is 0.743. The molecule has 0 aromatic heterocycles. The molecule has 0 saturated carbocycles. The van der Waals surface area contributed by atoms with Gasteiger partial charge in [0.2, 0.25) is 0 Å². The number of nitrogens with one attached hydrogen (secondary N) is 1. The summed E-state index contributed by atoms with van der Waals surface area (Å²) in [7, 11) is 0. The molecule has 122 valence electrons. The molecule has 3 unspecified atom stereocenters. The molecule has 2 aliphatic rings. The van der Waals surface area contributed by atoms with Gasteiger partial charge >= 0.3 is 18.1 Å². The van der Waals surface area contributed by atoms with Crippen molar-refractivity contribution in [3.63, 3.8) is 0 Å². The summed E-state index contributed by atoms with van der Waals surface area (Å²) in [5.41, 5.74) is -4.07. The first kappa shape index (κ1) is 16.4. The fourth-order valence-electron chi connectivity index (χ4n) is 3.23. The Kier molecular flexibility index (Phi) is 3.54. The van der Waals surface area contributed by atoms with Crippen LogP contribution in [-0.4, -0.2) is 34.4 Å². The molecule has 0 radical (unpaired) electrons. The van der Waals surface area contributed by atoms with Gasteiger partial charge in [0.1, 0.15) is 16.9 Å². The molecule has 1 aliphatic carbocycles. The van der Waals surface area contributed by atoms with E-state index < -0.39 is 35.0 Å². The summed E-state index contributed by atoms with van der Waals surface area (Å²) in [6, 6.07) is -2.37. The predicted octanol–water partition coefficient (Wildman–Crippen LogP) is 2.31. The zero-order chi connectivity index (χ0) is 16.9. The maximum Gasteiger partial charge on any atom is 0.409 e. The van der Waals surface area contributed by atoms with Crippen LogP contribution in [0.3, 0.4) is 0 Å². The average molecular weight is 319 g/mol. The summed E-state index contributed by atoms with van der Waals surface area (Å²) in [6.07, 6.45) is -2.03. The molecule has 2 rings (SSSR count). The van der Waals surface area contributed by atoms with Crippen LogP contribution in [0.5, 0.6) is 0 Å². The molecule has 0 saturated heterocycles. The number of carbonyl (C=O) groups is 2. The molecule has 1 heterocycles. The van der Waals surface area contributed by atoms with Crippen LogP contribution < -0.4 is 5.32 Å². The van der Waals surface area contributed by atoms with E-state index >= 15 is 0 Å². The van der Waals surface area contributed by atoms with Crippen molar-refractivity contribution in [2.45, 2.75) is 38.9 Å². The number of hydrogen-bond donors (Lipinski definition) is 3. The molecule has 0 spiro atoms. The molecular formula is C14H16F3NO4. The lowest BCUT2D eigenvalue weighted by Gasteiger charge is -2.32. The minimum Gasteiger partial charge on any atom is -0.481 e. The average Bonchev–Trinajstić information content (AvgIpc) is 2.73. The van der Waals surface area contributed by atoms with Gasteiger partial charge in [-0.3, -0.25) is 9.59 Å². The summed E-state index contributed by atoms with van der Waals surface area (Å²) in [4.78, 5) is 23.2. The molecule has 22 heavy (non-hydrogen) atoms. The lowest BCUT2D eigenvalue weighted by Crippen LogP contribution is -2.52. The van der Waals surface area contributed by atoms with Crippen molar-refractivity contribution in [1.82, 2.24) is 5.32 Å². The van der Waals surface area contributed by atoms with E-state index in [1.54, 1.807) is 6.92 Å². The van der Waals surface area contributed by atoms with Crippen LogP contribution in [0.15, 0.2) is 23.4 Å². The van der Waals surface area contributed by atoms with Crippen LogP contribution in [0, 0.1) is 10.8 Å². The summed E-state index contributed by atoms with van der Waals surface area (Å²) in [6.45, 7) is 2.53. The van der Waals surface area contributed by atoms with E-state index in [1.165, 1.54) is 12.2 Å². The van der Waals surface area contributed by atoms with Crippen LogP contribution in [0.25, 0.3) is 0 Å². The number of allylic oxidation sites excluding steroid dienone is 2. The Morgan fingerprint density at radius 1 is 1.36 bits per heavy atom. The van der Waals surface area contributed by atoms with Crippen molar-refractivity contribution in [2.75, 3.05) is 0 Å². The molecular weight excluding hydrogens is 303 g/mol. The Labute approximate surface area is 124 Å². The number of alkyl halides is 3. The van der Waals surface area contributed by atoms with Gasteiger partial charge in [0.05, 0.1) is 0 Å². The van der Waals surface area contributed by atoms with Gasteiger partial charge in [0.25, 0.3) is 0 Å². The Balaban J connectivity index is 2.69. The first-order valence-electron chi connectivity index (χ1n) is 6.73. The van der Waals surface area contributed by atoms with Gasteiger partial charge in [-0.2, -0.15) is 13.2 Å². The molecule has 0 bridgehead atoms. The van der Waals surface area contributed by atoms with E-state index in [0.717, 1.165) is 6.92 Å². The Bertz CT molecular complexity index is 595. The summed E-state index contributed by atoms with van der Waals surface area (Å²) in [5.74, 6) is -2.91. The fraction of sp³-hybridized carbons (Fsp3) is 0.571. The highest BCUT2D eigenvalue weighted by molar-refractivity contribution is 5.86. The summed E-state index contributed by atoms with van der Waals surface area (Å²) >= 11 is 0. The highest BCUT2D eigenvalue weighted by Crippen LogP contribution is 2.53. The van der Waals surface area contributed by atoms with Crippen molar-refractivity contribution in [3.8, 4) is 0 Å². The molecule has 3 N–H and O–H groups in total. The Morgan fingerprint density at radius 2 is 1.95 bits per heavy atom. The SMILES string of the molecule is CCC1(C(=O)O)CC=CC2=C1NC(C(F)(F)F)C2(C)C(=O)O. The monoisotopic (exact) mass is 319 g/mol. The number of rotatable bonds is 3. The Hall–Kier alpha value is -1.99. The first-order chi connectivity index (χ1) is 10.0. The van der Waals surface area contributed by atoms with Gasteiger partial charge in [0.15, 0.2) is 0 Å². The molecule has 5 nitrogen and oxygen atoms in total. The van der Waals surface area contributed by atoms with Crippen LogP contribution in [0.4, 0.5) is 13.2 Å². The van der Waals surface area contributed by atoms with Gasteiger partial charge < -0.3 is 15.5 Å². The number of halogens is 3. The van der Waals surface area contributed by atoms with E-state index in [-0.39, 0.29) is 24.1 Å². The second kappa shape index (κ2) is 4.76. The minimum absolute atomic E-state index is 0.0188. The van der Waals surface area contributed by atoms with Crippen LogP contribution >= 0.6 is 0 Å². The third kappa shape index (κ3) is 1.93. The fourth-order valence-corrected chi connectivity index (χ4v) is 3.23. The molecule has 0 fully saturated rings. The van der Waals surface area contributed by atoms with Crippen molar-refractivity contribution in [1.29, 1.82) is 0 Å². The van der Waals surface area contributed by atoms with Gasteiger partial charge in [-0.05, 0) is 25.3 Å². The van der Waals surface area contributed by atoms with Gasteiger partial charge in [-0.25, -0.2) is 0 Å². The first-order valence-corrected chi connectivity index (χ1v) is 6.73. The van der Waals surface area contributed by atoms with E-state index in [9.17, 15) is 33.0 Å². The molecule has 8 heteroatoms. The standard InChI is InChI=1S/C14H16F3NO4/c1-3-13(11(21)22)6-4-5-7-8(13)18-9(14(15,16)17)12(7,2)10(19)20/h4-5,9,18H,3,6H2,1-2H3,(H,19,20)(H,21,22). The minimum atomic E-state index is -4.82. The second-order valence-corrected chi connectivity index (χ2v) is 5.76. The van der Waals surface area contributed by atoms with E-state index in [0.29, 0.717) is 0 Å². The van der Waals surface area contributed by atoms with Crippen molar-refractivity contribution in [2.24, 2.45) is 10.8 Å². The maximum absolute atomic E-state index is 13.3. The van der Waals surface area contributed by atoms with Crippen LogP contribution in [0.1, 0.15) is 26.7 Å². The topological polar surface area (TPSA) is 86.6 Å². The lowest BCUT2D eigenvalue weighted by molar-refractivity contribution is -0.184. The highest BCUT2D eigenvalue weighted by atomic mass is 19.4. The largest absolute Gasteiger partial charge is 0.481 e. The number of aliphatic carboxylic acids is 2. The smallest absolute Gasteiger partial charge is 0.409 e. The maximum atomic E-state index is 13.3.